The van der Waals surface area contributed by atoms with Gasteiger partial charge in [0.25, 0.3) is 0 Å². The van der Waals surface area contributed by atoms with Crippen LogP contribution in [0.5, 0.6) is 0 Å². The summed E-state index contributed by atoms with van der Waals surface area (Å²) >= 11 is 0. The Kier molecular flexibility index (Phi) is 4.89. The second kappa shape index (κ2) is 4.94. The van der Waals surface area contributed by atoms with Crippen molar-refractivity contribution in [2.45, 2.75) is 51.7 Å². The third-order valence-electron chi connectivity index (χ3n) is 1.95. The van der Waals surface area contributed by atoms with Gasteiger partial charge in [-0.1, -0.05) is 0 Å². The average Bonchev–Trinajstić information content (AvgIpc) is 1.82. The van der Waals surface area contributed by atoms with Crippen LogP contribution in [0.1, 0.15) is 40.5 Å². The van der Waals surface area contributed by atoms with E-state index in [-0.39, 0.29) is 5.60 Å². The van der Waals surface area contributed by atoms with Crippen LogP contribution in [0.3, 0.4) is 0 Å². The molecule has 0 radical (unpaired) electrons. The molecule has 0 unspecified atom stereocenters. The van der Waals surface area contributed by atoms with Gasteiger partial charge in [0.05, 0.1) is 17.8 Å². The normalized spacial score (nSPS) is 13.4. The van der Waals surface area contributed by atoms with Gasteiger partial charge < -0.3 is 15.6 Å². The van der Waals surface area contributed by atoms with Crippen molar-refractivity contribution in [1.29, 1.82) is 0 Å². The summed E-state index contributed by atoms with van der Waals surface area (Å²) in [6.07, 6.45) is 1.50. The van der Waals surface area contributed by atoms with Crippen molar-refractivity contribution in [1.82, 2.24) is 0 Å². The van der Waals surface area contributed by atoms with Gasteiger partial charge in [-0.15, -0.1) is 0 Å². The molecule has 80 valence electrons. The average molecular weight is 189 g/mol. The predicted octanol–water partition coefficient (Wildman–Crippen LogP) is 1.29. The predicted molar refractivity (Wildman–Crippen MR) is 54.6 cm³/mol. The molecule has 0 aliphatic rings. The first-order valence-electron chi connectivity index (χ1n) is 4.83. The highest BCUT2D eigenvalue weighted by molar-refractivity contribution is 4.70. The van der Waals surface area contributed by atoms with Crippen LogP contribution < -0.4 is 5.73 Å². The van der Waals surface area contributed by atoms with Gasteiger partial charge in [0.1, 0.15) is 0 Å². The maximum atomic E-state index is 9.44. The van der Waals surface area contributed by atoms with Crippen LogP contribution in [0.15, 0.2) is 0 Å². The number of nitrogens with two attached hydrogens (primary N) is 1. The largest absolute Gasteiger partial charge is 0.390 e. The fourth-order valence-electron chi connectivity index (χ4n) is 0.997. The summed E-state index contributed by atoms with van der Waals surface area (Å²) in [6.45, 7) is 8.82. The SMILES string of the molecule is CC(C)(O)CCOC(C)(C)CCN. The molecule has 0 heterocycles. The maximum absolute atomic E-state index is 9.44. The molecule has 0 saturated carbocycles. The molecule has 3 N–H and O–H groups in total. The minimum absolute atomic E-state index is 0.167. The monoisotopic (exact) mass is 189 g/mol. The Morgan fingerprint density at radius 2 is 1.69 bits per heavy atom. The Bertz CT molecular complexity index is 138. The third-order valence-corrected chi connectivity index (χ3v) is 1.95. The molecular formula is C10H23NO2. The van der Waals surface area contributed by atoms with E-state index < -0.39 is 5.60 Å². The smallest absolute Gasteiger partial charge is 0.0638 e. The van der Waals surface area contributed by atoms with E-state index in [2.05, 4.69) is 0 Å². The Morgan fingerprint density at radius 1 is 1.15 bits per heavy atom. The molecule has 0 aromatic rings. The van der Waals surface area contributed by atoms with Gasteiger partial charge in [-0.2, -0.15) is 0 Å². The summed E-state index contributed by atoms with van der Waals surface area (Å²) in [7, 11) is 0. The first-order chi connectivity index (χ1) is 5.77. The number of hydrogen-bond donors (Lipinski definition) is 2. The number of hydrogen-bond acceptors (Lipinski definition) is 3. The molecule has 3 heteroatoms. The highest BCUT2D eigenvalue weighted by Crippen LogP contribution is 2.16. The molecule has 0 atom stereocenters. The zero-order chi connectivity index (χ0) is 10.5. The summed E-state index contributed by atoms with van der Waals surface area (Å²) in [5, 5.41) is 9.44. The molecule has 0 aliphatic carbocycles. The minimum atomic E-state index is -0.640. The first kappa shape index (κ1) is 12.9. The van der Waals surface area contributed by atoms with Gasteiger partial charge >= 0.3 is 0 Å². The Balaban J connectivity index is 3.63. The molecule has 0 amide bonds. The van der Waals surface area contributed by atoms with E-state index in [1.807, 2.05) is 13.8 Å². The zero-order valence-electron chi connectivity index (χ0n) is 9.26. The van der Waals surface area contributed by atoms with E-state index in [1.165, 1.54) is 0 Å². The first-order valence-corrected chi connectivity index (χ1v) is 4.83. The van der Waals surface area contributed by atoms with Crippen molar-refractivity contribution in [2.24, 2.45) is 5.73 Å². The van der Waals surface area contributed by atoms with Gasteiger partial charge in [-0.25, -0.2) is 0 Å². The van der Waals surface area contributed by atoms with E-state index in [0.29, 0.717) is 19.6 Å². The van der Waals surface area contributed by atoms with Gasteiger partial charge in [0, 0.05) is 0 Å². The van der Waals surface area contributed by atoms with Gasteiger partial charge in [0.2, 0.25) is 0 Å². The third kappa shape index (κ3) is 8.22. The minimum Gasteiger partial charge on any atom is -0.390 e. The fourth-order valence-corrected chi connectivity index (χ4v) is 0.997. The molecule has 0 aromatic heterocycles. The van der Waals surface area contributed by atoms with Crippen molar-refractivity contribution in [3.63, 3.8) is 0 Å². The molecule has 0 bridgehead atoms. The van der Waals surface area contributed by atoms with Crippen molar-refractivity contribution in [3.05, 3.63) is 0 Å². The van der Waals surface area contributed by atoms with E-state index in [0.717, 1.165) is 6.42 Å². The standard InChI is InChI=1S/C10H23NO2/c1-9(2,12)6-8-13-10(3,4)5-7-11/h12H,5-8,11H2,1-4H3. The molecule has 0 aromatic carbocycles. The van der Waals surface area contributed by atoms with E-state index in [1.54, 1.807) is 13.8 Å². The summed E-state index contributed by atoms with van der Waals surface area (Å²) in [5.74, 6) is 0. The Hall–Kier alpha value is -0.120. The molecule has 13 heavy (non-hydrogen) atoms. The van der Waals surface area contributed by atoms with Gasteiger partial charge in [-0.05, 0) is 47.1 Å². The van der Waals surface area contributed by atoms with Crippen molar-refractivity contribution in [3.8, 4) is 0 Å². The van der Waals surface area contributed by atoms with Crippen molar-refractivity contribution in [2.75, 3.05) is 13.2 Å². The molecule has 0 rings (SSSR count). The lowest BCUT2D eigenvalue weighted by atomic mass is 10.0. The molecule has 0 saturated heterocycles. The second-order valence-electron chi connectivity index (χ2n) is 4.71. The van der Waals surface area contributed by atoms with E-state index in [9.17, 15) is 5.11 Å². The topological polar surface area (TPSA) is 55.5 Å². The van der Waals surface area contributed by atoms with Gasteiger partial charge in [0.15, 0.2) is 0 Å². The summed E-state index contributed by atoms with van der Waals surface area (Å²) < 4.78 is 5.61. The lowest BCUT2D eigenvalue weighted by Crippen LogP contribution is -2.30. The summed E-state index contributed by atoms with van der Waals surface area (Å²) in [6, 6.07) is 0. The van der Waals surface area contributed by atoms with Crippen LogP contribution in [-0.2, 0) is 4.74 Å². The fraction of sp³-hybridized carbons (Fsp3) is 1.00. The van der Waals surface area contributed by atoms with Crippen molar-refractivity contribution < 1.29 is 9.84 Å². The highest BCUT2D eigenvalue weighted by Gasteiger charge is 2.19. The van der Waals surface area contributed by atoms with Crippen LogP contribution in [0, 0.1) is 0 Å². The number of ether oxygens (including phenoxy) is 1. The van der Waals surface area contributed by atoms with Crippen molar-refractivity contribution >= 4 is 0 Å². The lowest BCUT2D eigenvalue weighted by molar-refractivity contribution is -0.0485. The molecule has 0 aliphatic heterocycles. The summed E-state index contributed by atoms with van der Waals surface area (Å²) in [4.78, 5) is 0. The Labute approximate surface area is 81.3 Å². The Morgan fingerprint density at radius 3 is 2.08 bits per heavy atom. The quantitative estimate of drug-likeness (QED) is 0.662. The molecule has 0 spiro atoms. The molecular weight excluding hydrogens is 166 g/mol. The van der Waals surface area contributed by atoms with E-state index in [4.69, 9.17) is 10.5 Å². The van der Waals surface area contributed by atoms with Crippen LogP contribution in [0.4, 0.5) is 0 Å². The van der Waals surface area contributed by atoms with E-state index >= 15 is 0 Å². The summed E-state index contributed by atoms with van der Waals surface area (Å²) in [5.41, 5.74) is 4.64. The van der Waals surface area contributed by atoms with Crippen LogP contribution in [0.2, 0.25) is 0 Å². The maximum Gasteiger partial charge on any atom is 0.0638 e. The zero-order valence-corrected chi connectivity index (χ0v) is 9.26. The van der Waals surface area contributed by atoms with Gasteiger partial charge in [-0.3, -0.25) is 0 Å². The van der Waals surface area contributed by atoms with Crippen LogP contribution in [0.25, 0.3) is 0 Å². The van der Waals surface area contributed by atoms with Crippen LogP contribution >= 0.6 is 0 Å². The van der Waals surface area contributed by atoms with Crippen LogP contribution in [-0.4, -0.2) is 29.5 Å². The number of rotatable bonds is 6. The lowest BCUT2D eigenvalue weighted by Gasteiger charge is -2.26. The molecule has 3 nitrogen and oxygen atoms in total. The second-order valence-corrected chi connectivity index (χ2v) is 4.71. The highest BCUT2D eigenvalue weighted by atomic mass is 16.5. The number of aliphatic hydroxyl groups is 1. The molecule has 0 fully saturated rings.